The van der Waals surface area contributed by atoms with Crippen molar-refractivity contribution in [3.8, 4) is 0 Å². The van der Waals surface area contributed by atoms with E-state index < -0.39 is 11.6 Å². The molecule has 4 amide bonds. The Morgan fingerprint density at radius 2 is 1.83 bits per heavy atom. The monoisotopic (exact) mass is 477 g/mol. The third-order valence-corrected chi connectivity index (χ3v) is 7.68. The fourth-order valence-corrected chi connectivity index (χ4v) is 4.81. The number of hydrogen-bond acceptors (Lipinski definition) is 3. The number of rotatable bonds is 6. The number of nitrogens with one attached hydrogen (secondary N) is 1. The van der Waals surface area contributed by atoms with Crippen LogP contribution in [0, 0.1) is 11.3 Å². The molecular formula is C23H32BrN3O3. The Kier molecular flexibility index (Phi) is 6.60. The summed E-state index contributed by atoms with van der Waals surface area (Å²) in [5.41, 5.74) is 0.389. The lowest BCUT2D eigenvalue weighted by Gasteiger charge is -2.42. The van der Waals surface area contributed by atoms with Gasteiger partial charge in [0.25, 0.3) is 5.91 Å². The summed E-state index contributed by atoms with van der Waals surface area (Å²) in [5, 5.41) is 2.92. The largest absolute Gasteiger partial charge is 0.340 e. The Balaban J connectivity index is 1.61. The van der Waals surface area contributed by atoms with Crippen LogP contribution in [0.5, 0.6) is 0 Å². The lowest BCUT2D eigenvalue weighted by molar-refractivity contribution is -0.139. The van der Waals surface area contributed by atoms with Gasteiger partial charge in [0.1, 0.15) is 12.1 Å². The minimum atomic E-state index is -0.831. The van der Waals surface area contributed by atoms with Crippen molar-refractivity contribution in [3.05, 3.63) is 34.3 Å². The lowest BCUT2D eigenvalue weighted by atomic mass is 9.65. The summed E-state index contributed by atoms with van der Waals surface area (Å²) < 4.78 is 0.974. The van der Waals surface area contributed by atoms with Crippen LogP contribution in [0.3, 0.4) is 0 Å². The number of urea groups is 1. The molecule has 0 bridgehead atoms. The highest BCUT2D eigenvalue weighted by molar-refractivity contribution is 9.10. The number of benzene rings is 1. The molecule has 1 aromatic carbocycles. The van der Waals surface area contributed by atoms with Crippen molar-refractivity contribution in [1.82, 2.24) is 15.1 Å². The summed E-state index contributed by atoms with van der Waals surface area (Å²) in [4.78, 5) is 41.1. The summed E-state index contributed by atoms with van der Waals surface area (Å²) in [6.07, 6.45) is 4.21. The molecule has 0 unspecified atom stereocenters. The molecule has 1 aromatic rings. The maximum Gasteiger partial charge on any atom is 0.325 e. The van der Waals surface area contributed by atoms with E-state index in [4.69, 9.17) is 0 Å². The van der Waals surface area contributed by atoms with E-state index in [0.717, 1.165) is 34.2 Å². The molecule has 1 spiro atoms. The Morgan fingerprint density at radius 3 is 2.40 bits per heavy atom. The Bertz CT molecular complexity index is 813. The molecule has 1 heterocycles. The van der Waals surface area contributed by atoms with Crippen LogP contribution in [0.4, 0.5) is 4.79 Å². The van der Waals surface area contributed by atoms with Gasteiger partial charge in [0, 0.05) is 18.1 Å². The average Bonchev–Trinajstić information content (AvgIpc) is 2.94. The molecule has 1 saturated carbocycles. The number of imide groups is 1. The van der Waals surface area contributed by atoms with E-state index >= 15 is 0 Å². The molecule has 0 aromatic heterocycles. The predicted molar refractivity (Wildman–Crippen MR) is 120 cm³/mol. The molecule has 1 saturated heterocycles. The zero-order valence-electron chi connectivity index (χ0n) is 18.3. The number of nitrogens with zero attached hydrogens (tertiary/aromatic N) is 2. The van der Waals surface area contributed by atoms with E-state index in [1.165, 1.54) is 0 Å². The highest BCUT2D eigenvalue weighted by atomic mass is 79.9. The fraction of sp³-hybridized carbons (Fsp3) is 0.609. The molecule has 30 heavy (non-hydrogen) atoms. The smallest absolute Gasteiger partial charge is 0.325 e. The van der Waals surface area contributed by atoms with E-state index in [1.807, 2.05) is 24.3 Å². The van der Waals surface area contributed by atoms with Crippen molar-refractivity contribution in [3.63, 3.8) is 0 Å². The van der Waals surface area contributed by atoms with Gasteiger partial charge in [-0.3, -0.25) is 14.5 Å². The molecule has 2 aliphatic rings. The Morgan fingerprint density at radius 1 is 1.23 bits per heavy atom. The van der Waals surface area contributed by atoms with Crippen LogP contribution in [0.15, 0.2) is 28.7 Å². The summed E-state index contributed by atoms with van der Waals surface area (Å²) in [7, 11) is 1.69. The highest BCUT2D eigenvalue weighted by Gasteiger charge is 2.53. The third kappa shape index (κ3) is 4.56. The SMILES string of the molecule is CCC(C)(C)C1CCC2(CC1)NC(=O)N(CC(=O)N(C)Cc1ccc(Br)cc1)C2=O. The van der Waals surface area contributed by atoms with Crippen molar-refractivity contribution in [2.75, 3.05) is 13.6 Å². The quantitative estimate of drug-likeness (QED) is 0.619. The summed E-state index contributed by atoms with van der Waals surface area (Å²) in [6.45, 7) is 6.96. The third-order valence-electron chi connectivity index (χ3n) is 7.15. The normalized spacial score (nSPS) is 24.3. The molecule has 2 fully saturated rings. The van der Waals surface area contributed by atoms with Crippen LogP contribution in [-0.4, -0.2) is 46.8 Å². The maximum absolute atomic E-state index is 13.1. The number of carbonyl (C=O) groups is 3. The molecule has 3 rings (SSSR count). The van der Waals surface area contributed by atoms with Gasteiger partial charge in [0.15, 0.2) is 0 Å². The first kappa shape index (κ1) is 22.8. The molecule has 1 N–H and O–H groups in total. The molecule has 1 aliphatic carbocycles. The van der Waals surface area contributed by atoms with E-state index in [-0.39, 0.29) is 23.8 Å². The number of carbonyl (C=O) groups excluding carboxylic acids is 3. The van der Waals surface area contributed by atoms with Gasteiger partial charge in [0.05, 0.1) is 0 Å². The first-order chi connectivity index (χ1) is 14.1. The van der Waals surface area contributed by atoms with Crippen LogP contribution in [0.1, 0.15) is 58.4 Å². The number of hydrogen-bond donors (Lipinski definition) is 1. The predicted octanol–water partition coefficient (Wildman–Crippen LogP) is 4.32. The second-order valence-corrected chi connectivity index (χ2v) is 10.3. The molecule has 164 valence electrons. The van der Waals surface area contributed by atoms with Crippen molar-refractivity contribution in [2.45, 2.75) is 65.0 Å². The fourth-order valence-electron chi connectivity index (χ4n) is 4.55. The van der Waals surface area contributed by atoms with Crippen LogP contribution >= 0.6 is 15.9 Å². The van der Waals surface area contributed by atoms with Crippen LogP contribution in [0.2, 0.25) is 0 Å². The van der Waals surface area contributed by atoms with Crippen LogP contribution in [0.25, 0.3) is 0 Å². The topological polar surface area (TPSA) is 69.7 Å². The van der Waals surface area contributed by atoms with Crippen molar-refractivity contribution in [1.29, 1.82) is 0 Å². The van der Waals surface area contributed by atoms with Gasteiger partial charge in [-0.25, -0.2) is 4.79 Å². The first-order valence-corrected chi connectivity index (χ1v) is 11.5. The molecule has 6 nitrogen and oxygen atoms in total. The second-order valence-electron chi connectivity index (χ2n) is 9.40. The van der Waals surface area contributed by atoms with E-state index in [2.05, 4.69) is 42.0 Å². The molecular weight excluding hydrogens is 446 g/mol. The summed E-state index contributed by atoms with van der Waals surface area (Å²) in [5.74, 6) is 0.0514. The molecule has 0 atom stereocenters. The molecule has 1 aliphatic heterocycles. The van der Waals surface area contributed by atoms with Gasteiger partial charge in [-0.05, 0) is 54.7 Å². The van der Waals surface area contributed by atoms with E-state index in [9.17, 15) is 14.4 Å². The summed E-state index contributed by atoms with van der Waals surface area (Å²) >= 11 is 3.40. The summed E-state index contributed by atoms with van der Waals surface area (Å²) in [6, 6.07) is 7.27. The van der Waals surface area contributed by atoms with Crippen molar-refractivity contribution in [2.24, 2.45) is 11.3 Å². The van der Waals surface area contributed by atoms with Gasteiger partial charge < -0.3 is 10.2 Å². The standard InChI is InChI=1S/C23H32BrN3O3/c1-5-22(2,3)17-10-12-23(13-11-17)20(29)27(21(30)25-23)15-19(28)26(4)14-16-6-8-18(24)9-7-16/h6-9,17H,5,10-15H2,1-4H3,(H,25,30). The molecule has 0 radical (unpaired) electrons. The average molecular weight is 478 g/mol. The van der Waals surface area contributed by atoms with Crippen molar-refractivity contribution < 1.29 is 14.4 Å². The lowest BCUT2D eigenvalue weighted by Crippen LogP contribution is -2.51. The van der Waals surface area contributed by atoms with Crippen LogP contribution in [-0.2, 0) is 16.1 Å². The minimum Gasteiger partial charge on any atom is -0.340 e. The van der Waals surface area contributed by atoms with E-state index in [1.54, 1.807) is 11.9 Å². The van der Waals surface area contributed by atoms with Gasteiger partial charge in [0.2, 0.25) is 5.91 Å². The highest BCUT2D eigenvalue weighted by Crippen LogP contribution is 2.45. The van der Waals surface area contributed by atoms with Gasteiger partial charge >= 0.3 is 6.03 Å². The van der Waals surface area contributed by atoms with Gasteiger partial charge in [-0.2, -0.15) is 0 Å². The van der Waals surface area contributed by atoms with Crippen LogP contribution < -0.4 is 5.32 Å². The zero-order chi connectivity index (χ0) is 22.1. The van der Waals surface area contributed by atoms with Crippen molar-refractivity contribution >= 4 is 33.8 Å². The molecule has 7 heteroatoms. The van der Waals surface area contributed by atoms with Gasteiger partial charge in [-0.15, -0.1) is 0 Å². The maximum atomic E-state index is 13.1. The second kappa shape index (κ2) is 8.69. The minimum absolute atomic E-state index is 0.219. The first-order valence-electron chi connectivity index (χ1n) is 10.7. The van der Waals surface area contributed by atoms with E-state index in [0.29, 0.717) is 25.3 Å². The zero-order valence-corrected chi connectivity index (χ0v) is 19.9. The number of amides is 4. The number of likely N-dealkylation sites (N-methyl/N-ethyl adjacent to an activating group) is 1. The Labute approximate surface area is 187 Å². The number of halogens is 1. The Hall–Kier alpha value is -1.89. The van der Waals surface area contributed by atoms with Gasteiger partial charge in [-0.1, -0.05) is 55.3 Å².